The first kappa shape index (κ1) is 40.4. The lowest BCUT2D eigenvalue weighted by atomic mass is 10.1. The van der Waals surface area contributed by atoms with Crippen LogP contribution in [0.4, 0.5) is 0 Å². The van der Waals surface area contributed by atoms with Gasteiger partial charge in [0.05, 0.1) is 25.2 Å². The number of allylic oxidation sites excluding steroid dienone is 1. The predicted molar refractivity (Wildman–Crippen MR) is 191 cm³/mol. The van der Waals surface area contributed by atoms with E-state index < -0.39 is 35.5 Å². The molecule has 13 nitrogen and oxygen atoms in total. The number of nitrogens with zero attached hydrogens (tertiary/aromatic N) is 1. The average Bonchev–Trinajstić information content (AvgIpc) is 3.56. The van der Waals surface area contributed by atoms with Gasteiger partial charge < -0.3 is 47.1 Å². The van der Waals surface area contributed by atoms with E-state index in [4.69, 9.17) is 20.9 Å². The zero-order valence-corrected chi connectivity index (χ0v) is 28.2. The van der Waals surface area contributed by atoms with E-state index >= 15 is 0 Å². The summed E-state index contributed by atoms with van der Waals surface area (Å²) in [6.45, 7) is 5.95. The fourth-order valence-corrected chi connectivity index (χ4v) is 6.00. The fraction of sp³-hybridized carbons (Fsp3) is 0.562. The molecule has 1 saturated carbocycles. The highest BCUT2D eigenvalue weighted by Gasteiger charge is 2.60. The third-order valence-electron chi connectivity index (χ3n) is 8.43. The topological polar surface area (TPSA) is 233 Å². The maximum atomic E-state index is 13.6. The average molecular weight is 674 g/mol. The molecule has 1 saturated heterocycles. The van der Waals surface area contributed by atoms with Crippen LogP contribution in [-0.2, 0) is 14.4 Å². The van der Waals surface area contributed by atoms with Gasteiger partial charge in [-0.25, -0.2) is 0 Å². The molecular weight excluding hydrogens is 614 g/mol. The number of pyridine rings is 1. The molecule has 0 radical (unpaired) electrons. The Hall–Kier alpha value is -3.59. The molecule has 3 aliphatic rings. The van der Waals surface area contributed by atoms with Crippen molar-refractivity contribution in [1.29, 1.82) is 0 Å². The van der Waals surface area contributed by atoms with Crippen molar-refractivity contribution >= 4 is 41.3 Å². The van der Waals surface area contributed by atoms with Crippen molar-refractivity contribution in [2.45, 2.75) is 89.4 Å². The second kappa shape index (κ2) is 17.9. The molecule has 3 heterocycles. The number of amides is 3. The summed E-state index contributed by atoms with van der Waals surface area (Å²) in [5.74, 6) is -0.610. The monoisotopic (exact) mass is 673 g/mol. The van der Waals surface area contributed by atoms with Crippen LogP contribution in [0.25, 0.3) is 10.9 Å². The number of fused-ring (bicyclic) bond motifs is 3. The Kier molecular flexibility index (Phi) is 15.8. The zero-order chi connectivity index (χ0) is 32.6. The van der Waals surface area contributed by atoms with Gasteiger partial charge in [0.1, 0.15) is 29.2 Å². The fourth-order valence-electron chi connectivity index (χ4n) is 6.00. The molecule has 5 rings (SSSR count). The second-order valence-corrected chi connectivity index (χ2v) is 11.1. The number of H-pyrrole nitrogens is 1. The first-order valence-corrected chi connectivity index (χ1v) is 16.2. The maximum Gasteiger partial charge on any atom is 0.252 e. The van der Waals surface area contributed by atoms with E-state index in [9.17, 15) is 19.2 Å². The lowest BCUT2D eigenvalue weighted by molar-refractivity contribution is -0.140. The normalized spacial score (nSPS) is 26.3. The number of carbonyl (C=O) groups is 3. The molecule has 3 amide bonds. The van der Waals surface area contributed by atoms with Crippen molar-refractivity contribution in [3.05, 3.63) is 46.3 Å². The van der Waals surface area contributed by atoms with E-state index in [1.807, 2.05) is 32.9 Å². The number of thiol groups is 1. The number of hydrogen-bond acceptors (Lipinski definition) is 8. The molecule has 5 atom stereocenters. The number of aromatic nitrogens is 1. The molecule has 1 aromatic carbocycles. The summed E-state index contributed by atoms with van der Waals surface area (Å²) in [6, 6.07) is 3.29. The minimum Gasteiger partial charge on any atom is -0.496 e. The van der Waals surface area contributed by atoms with Crippen LogP contribution in [0.2, 0.25) is 0 Å². The number of carbonyl (C=O) groups excluding carboxylic acids is 3. The van der Waals surface area contributed by atoms with Crippen LogP contribution < -0.4 is 31.8 Å². The smallest absolute Gasteiger partial charge is 0.252 e. The number of aromatic amines is 1. The van der Waals surface area contributed by atoms with Crippen LogP contribution >= 0.6 is 12.6 Å². The third kappa shape index (κ3) is 8.60. The van der Waals surface area contributed by atoms with Crippen molar-refractivity contribution in [2.75, 3.05) is 19.9 Å². The number of nitrogens with two attached hydrogens (primary N) is 2. The number of methoxy groups -OCH3 is 1. The lowest BCUT2D eigenvalue weighted by Gasteiger charge is -2.28. The van der Waals surface area contributed by atoms with Gasteiger partial charge in [0.25, 0.3) is 5.56 Å². The van der Waals surface area contributed by atoms with E-state index in [1.54, 1.807) is 25.5 Å². The lowest BCUT2D eigenvalue weighted by Crippen LogP contribution is -2.56. The predicted octanol–water partition coefficient (Wildman–Crippen LogP) is 2.31. The summed E-state index contributed by atoms with van der Waals surface area (Å²) in [7, 11) is 1.56. The third-order valence-corrected chi connectivity index (χ3v) is 8.43. The van der Waals surface area contributed by atoms with Crippen LogP contribution in [0, 0.1) is 12.8 Å². The molecule has 2 aromatic rings. The van der Waals surface area contributed by atoms with Crippen LogP contribution in [0.3, 0.4) is 0 Å². The van der Waals surface area contributed by atoms with E-state index in [1.165, 1.54) is 11.0 Å². The van der Waals surface area contributed by atoms with Crippen molar-refractivity contribution in [3.8, 4) is 11.5 Å². The van der Waals surface area contributed by atoms with E-state index in [-0.39, 0.29) is 47.0 Å². The summed E-state index contributed by atoms with van der Waals surface area (Å²) >= 11 is 3.53. The first-order valence-electron chi connectivity index (χ1n) is 15.3. The molecule has 10 N–H and O–H groups in total. The quantitative estimate of drug-likeness (QED) is 0.240. The van der Waals surface area contributed by atoms with Crippen LogP contribution in [0.5, 0.6) is 11.5 Å². The summed E-state index contributed by atoms with van der Waals surface area (Å²) in [6.07, 6.45) is 9.69. The van der Waals surface area contributed by atoms with Crippen molar-refractivity contribution in [3.63, 3.8) is 0 Å². The van der Waals surface area contributed by atoms with Crippen LogP contribution in [-0.4, -0.2) is 82.2 Å². The number of aryl methyl sites for hydroxylation is 1. The van der Waals surface area contributed by atoms with Gasteiger partial charge in [0.2, 0.25) is 17.7 Å². The molecular formula is C32H59N5O8S. The molecule has 0 bridgehead atoms. The Balaban J connectivity index is -0.00000102. The Labute approximate surface area is 281 Å². The summed E-state index contributed by atoms with van der Waals surface area (Å²) in [4.78, 5) is 56.3. The minimum atomic E-state index is -1.16. The number of benzene rings is 1. The molecule has 2 fully saturated rings. The molecule has 0 spiro atoms. The highest BCUT2D eigenvalue weighted by Crippen LogP contribution is 2.45. The van der Waals surface area contributed by atoms with E-state index in [0.717, 1.165) is 31.2 Å². The van der Waals surface area contributed by atoms with Gasteiger partial charge >= 0.3 is 0 Å². The summed E-state index contributed by atoms with van der Waals surface area (Å²) in [5, 5.41) is 3.54. The standard InChI is InChI=1S/C29H37N5O6.C2H6.CH4S.2H2O.4H2/c1-16-22(39-2)11-10-19-23(13-24(35)32-25(16)19)40-18-12-21-26(36)33-29(28(31)38)14-17(29)8-6-4-3-5-7-9-20(30)27(37)34(21)15-18;2*1-2;;;;;;/h6,8,10-11,13,17-18,20-21H,3-5,7,9,12,14-15,30H2,1-2H3,(H2,31,38)(H,32,35)(H,33,36);1-2H3;2H,1H3;2*1H2;4*1H/b8-6-;;;;;;;;/t17-,18-,20+,21+,29-;;;;;;;;/m1......../s1. The molecule has 0 unspecified atom stereocenters. The SMILES string of the molecule is CC.COc1ccc2c(O[C@@H]3C[C@H]4C(=O)N[C@]5(C(N)=O)C[C@H]5/C=C\CCCCC[C@H](N)C(=O)N4C3)cc(=O)[nH]c2c1C.CS.O.O.[HH].[HH].[HH].[HH]. The van der Waals surface area contributed by atoms with Gasteiger partial charge in [0, 0.05) is 35.1 Å². The summed E-state index contributed by atoms with van der Waals surface area (Å²) < 4.78 is 11.7. The van der Waals surface area contributed by atoms with Crippen molar-refractivity contribution in [1.82, 2.24) is 15.2 Å². The molecule has 46 heavy (non-hydrogen) atoms. The largest absolute Gasteiger partial charge is 0.496 e. The zero-order valence-electron chi connectivity index (χ0n) is 27.4. The highest BCUT2D eigenvalue weighted by molar-refractivity contribution is 7.79. The van der Waals surface area contributed by atoms with Gasteiger partial charge in [-0.3, -0.25) is 19.2 Å². The van der Waals surface area contributed by atoms with Gasteiger partial charge in [-0.1, -0.05) is 38.8 Å². The molecule has 14 heteroatoms. The van der Waals surface area contributed by atoms with Gasteiger partial charge in [-0.15, -0.1) is 0 Å². The Morgan fingerprint density at radius 1 is 1.11 bits per heavy atom. The molecule has 266 valence electrons. The van der Waals surface area contributed by atoms with Crippen molar-refractivity contribution in [2.24, 2.45) is 17.4 Å². The van der Waals surface area contributed by atoms with Gasteiger partial charge in [-0.2, -0.15) is 12.6 Å². The Bertz CT molecular complexity index is 1450. The molecule has 1 aliphatic carbocycles. The van der Waals surface area contributed by atoms with E-state index in [0.29, 0.717) is 35.2 Å². The highest BCUT2D eigenvalue weighted by atomic mass is 32.1. The maximum absolute atomic E-state index is 13.6. The van der Waals surface area contributed by atoms with Gasteiger partial charge in [-0.05, 0) is 51.0 Å². The van der Waals surface area contributed by atoms with Crippen molar-refractivity contribution < 1.29 is 40.5 Å². The molecule has 2 aliphatic heterocycles. The number of primary amides is 1. The summed E-state index contributed by atoms with van der Waals surface area (Å²) in [5.41, 5.74) is 11.9. The number of nitrogens with one attached hydrogen (secondary N) is 2. The second-order valence-electron chi connectivity index (χ2n) is 11.1. The Morgan fingerprint density at radius 3 is 2.46 bits per heavy atom. The first-order chi connectivity index (χ1) is 21.1. The van der Waals surface area contributed by atoms with Crippen LogP contribution in [0.1, 0.15) is 70.1 Å². The van der Waals surface area contributed by atoms with Crippen LogP contribution in [0.15, 0.2) is 35.1 Å². The molecule has 1 aromatic heterocycles. The Morgan fingerprint density at radius 2 is 1.80 bits per heavy atom. The van der Waals surface area contributed by atoms with Gasteiger partial charge in [0.15, 0.2) is 0 Å². The minimum absolute atomic E-state index is 0. The number of rotatable bonds is 4. The van der Waals surface area contributed by atoms with E-state index in [2.05, 4.69) is 22.9 Å². The number of hydrogen-bond donors (Lipinski definition) is 5. The number of ether oxygens (including phenoxy) is 2.